The summed E-state index contributed by atoms with van der Waals surface area (Å²) >= 11 is 0. The highest BCUT2D eigenvalue weighted by Gasteiger charge is 2.30. The van der Waals surface area contributed by atoms with Crippen molar-refractivity contribution in [3.05, 3.63) is 24.3 Å². The van der Waals surface area contributed by atoms with Crippen molar-refractivity contribution >= 4 is 11.8 Å². The fourth-order valence-corrected chi connectivity index (χ4v) is 2.37. The molecule has 0 saturated carbocycles. The van der Waals surface area contributed by atoms with Crippen LogP contribution in [0.15, 0.2) is 24.3 Å². The van der Waals surface area contributed by atoms with Crippen LogP contribution in [0.25, 0.3) is 0 Å². The summed E-state index contributed by atoms with van der Waals surface area (Å²) in [5.41, 5.74) is -0.0517. The van der Waals surface area contributed by atoms with Gasteiger partial charge in [0.05, 0.1) is 5.69 Å². The minimum atomic E-state index is -2.88. The van der Waals surface area contributed by atoms with Gasteiger partial charge in [-0.25, -0.2) is 4.79 Å². The Bertz CT molecular complexity index is 546. The quantitative estimate of drug-likeness (QED) is 0.915. The molecule has 1 aromatic carbocycles. The number of alkyl halides is 2. The van der Waals surface area contributed by atoms with E-state index in [-0.39, 0.29) is 17.9 Å². The summed E-state index contributed by atoms with van der Waals surface area (Å²) < 4.78 is 34.7. The zero-order valence-electron chi connectivity index (χ0n) is 13.5. The third-order valence-corrected chi connectivity index (χ3v) is 3.30. The van der Waals surface area contributed by atoms with Crippen LogP contribution in [0.4, 0.5) is 19.3 Å². The van der Waals surface area contributed by atoms with Crippen LogP contribution >= 0.6 is 0 Å². The first-order valence-electron chi connectivity index (χ1n) is 7.53. The lowest BCUT2D eigenvalue weighted by Gasteiger charge is -2.24. The minimum Gasteiger partial charge on any atom is -0.444 e. The Labute approximate surface area is 134 Å². The Balaban J connectivity index is 1.95. The maximum Gasteiger partial charge on any atom is 0.410 e. The molecule has 7 heteroatoms. The number of nitrogens with zero attached hydrogens (tertiary/aromatic N) is 1. The Morgan fingerprint density at radius 2 is 2.04 bits per heavy atom. The molecule has 23 heavy (non-hydrogen) atoms. The molecular formula is C16H22F2N2O3. The van der Waals surface area contributed by atoms with Gasteiger partial charge in [0, 0.05) is 19.1 Å². The summed E-state index contributed by atoms with van der Waals surface area (Å²) in [5, 5.41) is 3.15. The molecule has 1 unspecified atom stereocenters. The molecule has 0 aromatic heterocycles. The lowest BCUT2D eigenvalue weighted by molar-refractivity contribution is -0.0493. The van der Waals surface area contributed by atoms with Crippen LogP contribution in [-0.2, 0) is 4.74 Å². The highest BCUT2D eigenvalue weighted by Crippen LogP contribution is 2.28. The van der Waals surface area contributed by atoms with Gasteiger partial charge in [0.1, 0.15) is 11.4 Å². The molecule has 1 amide bonds. The van der Waals surface area contributed by atoms with E-state index in [0.29, 0.717) is 25.2 Å². The maximum atomic E-state index is 12.4. The number of carbonyl (C=O) groups is 1. The van der Waals surface area contributed by atoms with Gasteiger partial charge in [-0.2, -0.15) is 8.78 Å². The van der Waals surface area contributed by atoms with Gasteiger partial charge < -0.3 is 19.7 Å². The molecule has 0 spiro atoms. The van der Waals surface area contributed by atoms with Crippen LogP contribution in [0.1, 0.15) is 27.2 Å². The third kappa shape index (κ3) is 5.26. The Kier molecular flexibility index (Phi) is 5.28. The van der Waals surface area contributed by atoms with Crippen LogP contribution in [0.5, 0.6) is 5.75 Å². The van der Waals surface area contributed by atoms with E-state index in [4.69, 9.17) is 4.74 Å². The van der Waals surface area contributed by atoms with E-state index in [0.717, 1.165) is 0 Å². The van der Waals surface area contributed by atoms with E-state index in [2.05, 4.69) is 10.1 Å². The van der Waals surface area contributed by atoms with Crippen molar-refractivity contribution in [1.29, 1.82) is 0 Å². The second-order valence-electron chi connectivity index (χ2n) is 6.43. The van der Waals surface area contributed by atoms with Crippen molar-refractivity contribution in [2.75, 3.05) is 18.4 Å². The van der Waals surface area contributed by atoms with Crippen LogP contribution in [0.2, 0.25) is 0 Å². The van der Waals surface area contributed by atoms with Crippen molar-refractivity contribution in [2.45, 2.75) is 45.4 Å². The van der Waals surface area contributed by atoms with E-state index < -0.39 is 12.2 Å². The van der Waals surface area contributed by atoms with Gasteiger partial charge in [0.25, 0.3) is 0 Å². The highest BCUT2D eigenvalue weighted by molar-refractivity contribution is 5.69. The normalized spacial score (nSPS) is 18.2. The lowest BCUT2D eigenvalue weighted by Crippen LogP contribution is -2.36. The summed E-state index contributed by atoms with van der Waals surface area (Å²) in [7, 11) is 0. The lowest BCUT2D eigenvalue weighted by atomic mass is 10.2. The zero-order chi connectivity index (χ0) is 17.0. The topological polar surface area (TPSA) is 50.8 Å². The van der Waals surface area contributed by atoms with Crippen LogP contribution in [0, 0.1) is 0 Å². The number of para-hydroxylation sites is 2. The van der Waals surface area contributed by atoms with E-state index in [1.54, 1.807) is 23.1 Å². The molecule has 1 aliphatic heterocycles. The van der Waals surface area contributed by atoms with Gasteiger partial charge >= 0.3 is 12.7 Å². The monoisotopic (exact) mass is 328 g/mol. The number of amides is 1. The van der Waals surface area contributed by atoms with E-state index in [9.17, 15) is 13.6 Å². The third-order valence-electron chi connectivity index (χ3n) is 3.30. The number of hydrogen-bond acceptors (Lipinski definition) is 4. The molecule has 128 valence electrons. The summed E-state index contributed by atoms with van der Waals surface area (Å²) in [4.78, 5) is 13.6. The van der Waals surface area contributed by atoms with E-state index in [1.165, 1.54) is 6.07 Å². The van der Waals surface area contributed by atoms with Gasteiger partial charge in [-0.05, 0) is 39.3 Å². The molecule has 0 radical (unpaired) electrons. The fourth-order valence-electron chi connectivity index (χ4n) is 2.37. The first-order chi connectivity index (χ1) is 10.7. The number of nitrogens with one attached hydrogen (secondary N) is 1. The Hall–Kier alpha value is -2.05. The van der Waals surface area contributed by atoms with E-state index >= 15 is 0 Å². The fraction of sp³-hybridized carbons (Fsp3) is 0.562. The number of hydrogen-bond donors (Lipinski definition) is 1. The average Bonchev–Trinajstić information content (AvgIpc) is 2.87. The Morgan fingerprint density at radius 1 is 1.35 bits per heavy atom. The highest BCUT2D eigenvalue weighted by atomic mass is 19.3. The van der Waals surface area contributed by atoms with Crippen molar-refractivity contribution < 1.29 is 23.0 Å². The van der Waals surface area contributed by atoms with Crippen LogP contribution in [-0.4, -0.2) is 42.3 Å². The molecule has 0 bridgehead atoms. The number of ether oxygens (including phenoxy) is 2. The van der Waals surface area contributed by atoms with Crippen molar-refractivity contribution in [3.63, 3.8) is 0 Å². The van der Waals surface area contributed by atoms with Crippen molar-refractivity contribution in [3.8, 4) is 5.75 Å². The van der Waals surface area contributed by atoms with Gasteiger partial charge in [-0.1, -0.05) is 12.1 Å². The van der Waals surface area contributed by atoms with Gasteiger partial charge in [-0.15, -0.1) is 0 Å². The molecule has 1 saturated heterocycles. The van der Waals surface area contributed by atoms with Crippen molar-refractivity contribution in [2.24, 2.45) is 0 Å². The first kappa shape index (κ1) is 17.3. The summed E-state index contributed by atoms with van der Waals surface area (Å²) in [5.74, 6) is 0.0956. The van der Waals surface area contributed by atoms with Gasteiger partial charge in [-0.3, -0.25) is 0 Å². The van der Waals surface area contributed by atoms with Crippen LogP contribution in [0.3, 0.4) is 0 Å². The number of rotatable bonds is 4. The van der Waals surface area contributed by atoms with Gasteiger partial charge in [0.15, 0.2) is 0 Å². The second kappa shape index (κ2) is 7.02. The molecule has 1 heterocycles. The summed E-state index contributed by atoms with van der Waals surface area (Å²) in [6.45, 7) is 3.58. The van der Waals surface area contributed by atoms with E-state index in [1.807, 2.05) is 20.8 Å². The van der Waals surface area contributed by atoms with Crippen LogP contribution < -0.4 is 10.1 Å². The molecule has 1 aromatic rings. The minimum absolute atomic E-state index is 0.0371. The zero-order valence-corrected chi connectivity index (χ0v) is 13.5. The first-order valence-corrected chi connectivity index (χ1v) is 7.53. The predicted molar refractivity (Wildman–Crippen MR) is 82.9 cm³/mol. The molecular weight excluding hydrogens is 306 g/mol. The second-order valence-corrected chi connectivity index (χ2v) is 6.43. The molecule has 5 nitrogen and oxygen atoms in total. The largest absolute Gasteiger partial charge is 0.444 e. The maximum absolute atomic E-state index is 12.4. The van der Waals surface area contributed by atoms with Gasteiger partial charge in [0.2, 0.25) is 0 Å². The standard InChI is InChI=1S/C16H22F2N2O3/c1-16(2,3)23-15(21)20-9-8-11(10-20)19-12-6-4-5-7-13(12)22-14(17)18/h4-7,11,14,19H,8-10H2,1-3H3. The summed E-state index contributed by atoms with van der Waals surface area (Å²) in [6.07, 6.45) is 0.348. The Morgan fingerprint density at radius 3 is 2.70 bits per heavy atom. The molecule has 0 aliphatic carbocycles. The smallest absolute Gasteiger partial charge is 0.410 e. The number of likely N-dealkylation sites (tertiary alicyclic amines) is 1. The number of anilines is 1. The molecule has 1 N–H and O–H groups in total. The molecule has 1 fully saturated rings. The predicted octanol–water partition coefficient (Wildman–Crippen LogP) is 3.71. The van der Waals surface area contributed by atoms with Crippen molar-refractivity contribution in [1.82, 2.24) is 4.90 Å². The SMILES string of the molecule is CC(C)(C)OC(=O)N1CCC(Nc2ccccc2OC(F)F)C1. The summed E-state index contributed by atoms with van der Waals surface area (Å²) in [6, 6.07) is 6.49. The number of benzene rings is 1. The average molecular weight is 328 g/mol. The number of carbonyl (C=O) groups excluding carboxylic acids is 1. The molecule has 2 rings (SSSR count). The number of halogens is 2. The molecule has 1 aliphatic rings. The molecule has 1 atom stereocenters.